The summed E-state index contributed by atoms with van der Waals surface area (Å²) in [7, 11) is 0. The van der Waals surface area contributed by atoms with E-state index >= 15 is 0 Å². The van der Waals surface area contributed by atoms with Crippen LogP contribution in [0.5, 0.6) is 0 Å². The second kappa shape index (κ2) is 9.49. The van der Waals surface area contributed by atoms with Gasteiger partial charge in [0.25, 0.3) is 0 Å². The number of hydrogen-bond acceptors (Lipinski definition) is 0. The highest BCUT2D eigenvalue weighted by Crippen LogP contribution is 2.76. The zero-order chi connectivity index (χ0) is 25.1. The molecule has 0 saturated heterocycles. The maximum absolute atomic E-state index is 4.52. The molecule has 0 aromatic carbocycles. The van der Waals surface area contributed by atoms with Gasteiger partial charge in [0.1, 0.15) is 0 Å². The van der Waals surface area contributed by atoms with Gasteiger partial charge in [0, 0.05) is 0 Å². The summed E-state index contributed by atoms with van der Waals surface area (Å²) in [5.41, 5.74) is 4.02. The van der Waals surface area contributed by atoms with Crippen LogP contribution in [0.2, 0.25) is 0 Å². The first kappa shape index (κ1) is 26.4. The molecule has 0 aromatic heterocycles. The Morgan fingerprint density at radius 2 is 1.57 bits per heavy atom. The minimum atomic E-state index is 0.569. The molecule has 0 bridgehead atoms. The van der Waals surface area contributed by atoms with E-state index in [9.17, 15) is 0 Å². The molecule has 0 heterocycles. The van der Waals surface area contributed by atoms with Gasteiger partial charge < -0.3 is 0 Å². The lowest BCUT2D eigenvalue weighted by atomic mass is 9.33. The van der Waals surface area contributed by atoms with Crippen LogP contribution in [-0.4, -0.2) is 0 Å². The van der Waals surface area contributed by atoms with Crippen molar-refractivity contribution in [2.45, 2.75) is 151 Å². The molecule has 0 aromatic rings. The lowest BCUT2D eigenvalue weighted by Crippen LogP contribution is -2.64. The largest absolute Gasteiger partial charge is 0.0999 e. The van der Waals surface area contributed by atoms with Crippen LogP contribution in [0.4, 0.5) is 0 Å². The van der Waals surface area contributed by atoms with E-state index in [2.05, 4.69) is 48.1 Å². The van der Waals surface area contributed by atoms with Crippen LogP contribution in [0.15, 0.2) is 12.2 Å². The average molecular weight is 481 g/mol. The van der Waals surface area contributed by atoms with Gasteiger partial charge in [-0.15, -0.1) is 0 Å². The molecule has 0 N–H and O–H groups in total. The average Bonchev–Trinajstić information content (AvgIpc) is 3.24. The Labute approximate surface area is 219 Å². The number of hydrogen-bond donors (Lipinski definition) is 0. The summed E-state index contributed by atoms with van der Waals surface area (Å²) < 4.78 is 0. The molecule has 5 aliphatic rings. The van der Waals surface area contributed by atoms with E-state index in [0.29, 0.717) is 16.2 Å². The molecule has 5 rings (SSSR count). The van der Waals surface area contributed by atoms with Crippen LogP contribution < -0.4 is 0 Å². The van der Waals surface area contributed by atoms with Crippen molar-refractivity contribution >= 4 is 0 Å². The standard InChI is InChI=1S/C35H60/c1-8-10-12-25(3)24-27-16-20-32(5)28(26(27)4)17-21-34(7)31(32)15-14-29-30-13-11-19-35(30,18-9-2)23-22-33(29,34)6/h26-31H,3,8-24H2,1-2,4-7H3/t26?,27?,28?,29?,30-,31-,32?,33-,34?,35?/m1/s1. The fourth-order valence-electron chi connectivity index (χ4n) is 12.5. The Bertz CT molecular complexity index is 779. The van der Waals surface area contributed by atoms with Gasteiger partial charge in [-0.05, 0) is 147 Å². The summed E-state index contributed by atoms with van der Waals surface area (Å²) in [6.45, 7) is 20.4. The maximum atomic E-state index is 4.52. The second-order valence-electron chi connectivity index (χ2n) is 15.5. The Morgan fingerprint density at radius 3 is 2.31 bits per heavy atom. The van der Waals surface area contributed by atoms with Crippen LogP contribution >= 0.6 is 0 Å². The molecule has 10 atom stereocenters. The quantitative estimate of drug-likeness (QED) is 0.318. The van der Waals surface area contributed by atoms with Gasteiger partial charge in [-0.2, -0.15) is 0 Å². The molecule has 0 spiro atoms. The minimum absolute atomic E-state index is 0.569. The van der Waals surface area contributed by atoms with E-state index in [-0.39, 0.29) is 0 Å². The molecule has 0 nitrogen and oxygen atoms in total. The predicted molar refractivity (Wildman–Crippen MR) is 152 cm³/mol. The summed E-state index contributed by atoms with van der Waals surface area (Å²) in [5.74, 6) is 5.77. The van der Waals surface area contributed by atoms with Gasteiger partial charge in [0.2, 0.25) is 0 Å². The lowest BCUT2D eigenvalue weighted by Gasteiger charge is -2.72. The van der Waals surface area contributed by atoms with Gasteiger partial charge in [0.15, 0.2) is 0 Å². The summed E-state index contributed by atoms with van der Waals surface area (Å²) >= 11 is 0. The molecule has 35 heavy (non-hydrogen) atoms. The smallest absolute Gasteiger partial charge is 0.0235 e. The normalized spacial score (nSPS) is 51.1. The molecule has 7 unspecified atom stereocenters. The minimum Gasteiger partial charge on any atom is -0.0999 e. The highest BCUT2D eigenvalue weighted by molar-refractivity contribution is 5.17. The fourth-order valence-corrected chi connectivity index (χ4v) is 12.5. The Kier molecular flexibility index (Phi) is 7.14. The van der Waals surface area contributed by atoms with Crippen LogP contribution in [0.25, 0.3) is 0 Å². The van der Waals surface area contributed by atoms with Crippen LogP contribution in [-0.2, 0) is 0 Å². The molecule has 5 saturated carbocycles. The third kappa shape index (κ3) is 3.87. The number of unbranched alkanes of at least 4 members (excludes halogenated alkanes) is 1. The molecule has 5 fully saturated rings. The number of fused-ring (bicyclic) bond motifs is 7. The first-order valence-corrected chi connectivity index (χ1v) is 16.3. The van der Waals surface area contributed by atoms with E-state index < -0.39 is 0 Å². The predicted octanol–water partition coefficient (Wildman–Crippen LogP) is 11.0. The highest BCUT2D eigenvalue weighted by atomic mass is 14.7. The zero-order valence-electron chi connectivity index (χ0n) is 24.7. The first-order valence-electron chi connectivity index (χ1n) is 16.3. The second-order valence-corrected chi connectivity index (χ2v) is 15.5. The Morgan fingerprint density at radius 1 is 0.771 bits per heavy atom. The molecule has 0 radical (unpaired) electrons. The Balaban J connectivity index is 1.37. The van der Waals surface area contributed by atoms with E-state index in [4.69, 9.17) is 0 Å². The first-order chi connectivity index (χ1) is 16.6. The zero-order valence-corrected chi connectivity index (χ0v) is 24.7. The number of rotatable bonds is 7. The van der Waals surface area contributed by atoms with Crippen molar-refractivity contribution in [3.63, 3.8) is 0 Å². The Hall–Kier alpha value is -0.260. The lowest BCUT2D eigenvalue weighted by molar-refractivity contribution is -0.230. The molecule has 0 heteroatoms. The van der Waals surface area contributed by atoms with Crippen LogP contribution in [0.1, 0.15) is 151 Å². The summed E-state index contributed by atoms with van der Waals surface area (Å²) in [5, 5.41) is 0. The van der Waals surface area contributed by atoms with Crippen molar-refractivity contribution < 1.29 is 0 Å². The fraction of sp³-hybridized carbons (Fsp3) is 0.943. The molecule has 0 amide bonds. The van der Waals surface area contributed by atoms with Gasteiger partial charge >= 0.3 is 0 Å². The topological polar surface area (TPSA) is 0 Å². The molecular weight excluding hydrogens is 420 g/mol. The molecule has 0 aliphatic heterocycles. The third-order valence-electron chi connectivity index (χ3n) is 14.5. The maximum Gasteiger partial charge on any atom is -0.0235 e. The van der Waals surface area contributed by atoms with Gasteiger partial charge in [-0.25, -0.2) is 0 Å². The van der Waals surface area contributed by atoms with E-state index in [1.54, 1.807) is 37.7 Å². The van der Waals surface area contributed by atoms with Crippen LogP contribution in [0, 0.1) is 57.2 Å². The third-order valence-corrected chi connectivity index (χ3v) is 14.5. The van der Waals surface area contributed by atoms with Gasteiger partial charge in [-0.3, -0.25) is 0 Å². The van der Waals surface area contributed by atoms with Crippen molar-refractivity contribution in [3.05, 3.63) is 12.2 Å². The van der Waals surface area contributed by atoms with Crippen LogP contribution in [0.3, 0.4) is 0 Å². The van der Waals surface area contributed by atoms with Crippen molar-refractivity contribution in [1.82, 2.24) is 0 Å². The molecule has 200 valence electrons. The van der Waals surface area contributed by atoms with Crippen molar-refractivity contribution in [3.8, 4) is 0 Å². The van der Waals surface area contributed by atoms with Crippen molar-refractivity contribution in [2.24, 2.45) is 57.2 Å². The molecule has 5 aliphatic carbocycles. The summed E-state index contributed by atoms with van der Waals surface area (Å²) in [6, 6.07) is 0. The summed E-state index contributed by atoms with van der Waals surface area (Å²) in [4.78, 5) is 0. The van der Waals surface area contributed by atoms with Gasteiger partial charge in [-0.1, -0.05) is 73.0 Å². The summed E-state index contributed by atoms with van der Waals surface area (Å²) in [6.07, 6.45) is 25.0. The van der Waals surface area contributed by atoms with E-state index in [1.807, 2.05) is 0 Å². The van der Waals surface area contributed by atoms with Crippen molar-refractivity contribution in [2.75, 3.05) is 0 Å². The van der Waals surface area contributed by atoms with E-state index in [0.717, 1.165) is 40.9 Å². The van der Waals surface area contributed by atoms with E-state index in [1.165, 1.54) is 77.0 Å². The van der Waals surface area contributed by atoms with Crippen molar-refractivity contribution in [1.29, 1.82) is 0 Å². The van der Waals surface area contributed by atoms with Gasteiger partial charge in [0.05, 0.1) is 0 Å². The monoisotopic (exact) mass is 480 g/mol. The highest BCUT2D eigenvalue weighted by Gasteiger charge is 2.68. The molecular formula is C35H60. The number of allylic oxidation sites excluding steroid dienone is 1. The SMILES string of the molecule is C=C(CCCC)CC1CCC2(C)C(CCC3(C)[C@@H]2CCC2[C@H]4CCCC4(CCC)CC[C@]23C)C1C.